The van der Waals surface area contributed by atoms with Crippen molar-refractivity contribution < 1.29 is 4.74 Å². The molecule has 0 unspecified atom stereocenters. The van der Waals surface area contributed by atoms with Crippen LogP contribution in [0.3, 0.4) is 0 Å². The predicted molar refractivity (Wildman–Crippen MR) is 90.3 cm³/mol. The van der Waals surface area contributed by atoms with Crippen LogP contribution >= 0.6 is 12.2 Å². The van der Waals surface area contributed by atoms with E-state index in [0.717, 1.165) is 28.1 Å². The summed E-state index contributed by atoms with van der Waals surface area (Å²) < 4.78 is 6.05. The molecule has 0 bridgehead atoms. The molecule has 2 aromatic rings. The highest BCUT2D eigenvalue weighted by Crippen LogP contribution is 2.30. The van der Waals surface area contributed by atoms with Gasteiger partial charge in [-0.3, -0.25) is 0 Å². The number of aromatic nitrogens is 1. The molecule has 0 radical (unpaired) electrons. The summed E-state index contributed by atoms with van der Waals surface area (Å²) in [6.07, 6.45) is 0. The summed E-state index contributed by atoms with van der Waals surface area (Å²) in [5, 5.41) is 0. The average molecular weight is 300 g/mol. The van der Waals surface area contributed by atoms with Crippen molar-refractivity contribution in [3.63, 3.8) is 0 Å². The zero-order valence-corrected chi connectivity index (χ0v) is 13.9. The van der Waals surface area contributed by atoms with E-state index in [1.165, 1.54) is 5.56 Å². The van der Waals surface area contributed by atoms with Gasteiger partial charge in [-0.05, 0) is 69.0 Å². The maximum atomic E-state index is 6.05. The maximum absolute atomic E-state index is 6.05. The van der Waals surface area contributed by atoms with Crippen molar-refractivity contribution in [1.29, 1.82) is 0 Å². The number of nitrogens with zero attached hydrogens (tertiary/aromatic N) is 1. The van der Waals surface area contributed by atoms with Gasteiger partial charge in [0, 0.05) is 5.69 Å². The minimum absolute atomic E-state index is 0.303. The van der Waals surface area contributed by atoms with Crippen molar-refractivity contribution in [3.05, 3.63) is 51.7 Å². The molecule has 0 fully saturated rings. The number of aryl methyl sites for hydroxylation is 4. The van der Waals surface area contributed by atoms with Gasteiger partial charge in [-0.1, -0.05) is 18.3 Å². The minimum atomic E-state index is 0.303. The molecule has 1 heterocycles. The molecule has 0 spiro atoms. The SMILES string of the molecule is Cc1cc(C)c(C)c(Oc2nc(C)cc(C)c2C(N)=S)c1. The van der Waals surface area contributed by atoms with Gasteiger partial charge in [-0.2, -0.15) is 0 Å². The molecule has 1 aromatic heterocycles. The van der Waals surface area contributed by atoms with Crippen molar-refractivity contribution in [2.24, 2.45) is 5.73 Å². The largest absolute Gasteiger partial charge is 0.438 e. The van der Waals surface area contributed by atoms with E-state index < -0.39 is 0 Å². The van der Waals surface area contributed by atoms with Crippen LogP contribution in [0.1, 0.15) is 33.5 Å². The Morgan fingerprint density at radius 2 is 1.71 bits per heavy atom. The molecule has 0 aliphatic rings. The van der Waals surface area contributed by atoms with Gasteiger partial charge in [-0.15, -0.1) is 0 Å². The highest BCUT2D eigenvalue weighted by Gasteiger charge is 2.15. The van der Waals surface area contributed by atoms with Crippen LogP contribution in [0.5, 0.6) is 11.6 Å². The van der Waals surface area contributed by atoms with Crippen LogP contribution in [0.15, 0.2) is 18.2 Å². The molecule has 0 saturated heterocycles. The molecule has 0 amide bonds. The van der Waals surface area contributed by atoms with Gasteiger partial charge in [0.1, 0.15) is 10.7 Å². The van der Waals surface area contributed by atoms with Crippen LogP contribution in [0.25, 0.3) is 0 Å². The molecule has 0 atom stereocenters. The summed E-state index contributed by atoms with van der Waals surface area (Å²) in [6.45, 7) is 10.0. The summed E-state index contributed by atoms with van der Waals surface area (Å²) >= 11 is 5.14. The first-order valence-electron chi connectivity index (χ1n) is 6.83. The first-order valence-corrected chi connectivity index (χ1v) is 7.24. The molecule has 1 aromatic carbocycles. The van der Waals surface area contributed by atoms with Gasteiger partial charge < -0.3 is 10.5 Å². The third-order valence-electron chi connectivity index (χ3n) is 3.53. The minimum Gasteiger partial charge on any atom is -0.438 e. The van der Waals surface area contributed by atoms with Gasteiger partial charge >= 0.3 is 0 Å². The Morgan fingerprint density at radius 1 is 1.05 bits per heavy atom. The Kier molecular flexibility index (Phi) is 4.28. The zero-order valence-electron chi connectivity index (χ0n) is 13.1. The Hall–Kier alpha value is -1.94. The van der Waals surface area contributed by atoms with Crippen molar-refractivity contribution in [3.8, 4) is 11.6 Å². The van der Waals surface area contributed by atoms with Crippen molar-refractivity contribution in [1.82, 2.24) is 4.98 Å². The topological polar surface area (TPSA) is 48.1 Å². The number of hydrogen-bond acceptors (Lipinski definition) is 3. The van der Waals surface area contributed by atoms with Crippen molar-refractivity contribution in [2.45, 2.75) is 34.6 Å². The quantitative estimate of drug-likeness (QED) is 0.869. The smallest absolute Gasteiger partial charge is 0.229 e. The summed E-state index contributed by atoms with van der Waals surface area (Å²) in [5.74, 6) is 1.27. The Labute approximate surface area is 131 Å². The van der Waals surface area contributed by atoms with E-state index in [0.29, 0.717) is 16.4 Å². The Morgan fingerprint density at radius 3 is 2.33 bits per heavy atom. The lowest BCUT2D eigenvalue weighted by atomic mass is 10.1. The lowest BCUT2D eigenvalue weighted by molar-refractivity contribution is 0.456. The molecule has 2 rings (SSSR count). The van der Waals surface area contributed by atoms with Crippen molar-refractivity contribution in [2.75, 3.05) is 0 Å². The van der Waals surface area contributed by atoms with Crippen LogP contribution < -0.4 is 10.5 Å². The Bertz CT molecular complexity index is 723. The van der Waals surface area contributed by atoms with Gasteiger partial charge in [0.2, 0.25) is 5.88 Å². The standard InChI is InChI=1S/C17H20N2OS/c1-9-6-10(2)13(5)14(7-9)20-17-15(16(18)21)11(3)8-12(4)19-17/h6-8H,1-5H3,(H2,18,21). The van der Waals surface area contributed by atoms with E-state index >= 15 is 0 Å². The third kappa shape index (κ3) is 3.22. The number of rotatable bonds is 3. The highest BCUT2D eigenvalue weighted by atomic mass is 32.1. The van der Waals surface area contributed by atoms with Crippen LogP contribution in [0.4, 0.5) is 0 Å². The molecular weight excluding hydrogens is 280 g/mol. The molecule has 0 aliphatic carbocycles. The lowest BCUT2D eigenvalue weighted by Crippen LogP contribution is -2.14. The number of nitrogens with two attached hydrogens (primary N) is 1. The fraction of sp³-hybridized carbons (Fsp3) is 0.294. The van der Waals surface area contributed by atoms with Crippen LogP contribution in [0, 0.1) is 34.6 Å². The number of pyridine rings is 1. The van der Waals surface area contributed by atoms with Crippen LogP contribution in [0.2, 0.25) is 0 Å². The molecule has 3 nitrogen and oxygen atoms in total. The summed E-state index contributed by atoms with van der Waals surface area (Å²) in [5.41, 5.74) is 11.8. The molecule has 0 saturated carbocycles. The van der Waals surface area contributed by atoms with E-state index in [2.05, 4.69) is 18.0 Å². The van der Waals surface area contributed by atoms with Crippen molar-refractivity contribution >= 4 is 17.2 Å². The number of ether oxygens (including phenoxy) is 1. The van der Waals surface area contributed by atoms with E-state index in [9.17, 15) is 0 Å². The Balaban J connectivity index is 2.57. The van der Waals surface area contributed by atoms with Gasteiger partial charge in [-0.25, -0.2) is 4.98 Å². The molecule has 4 heteroatoms. The second-order valence-corrected chi connectivity index (χ2v) is 5.87. The maximum Gasteiger partial charge on any atom is 0.229 e. The average Bonchev–Trinajstić information content (AvgIpc) is 2.33. The summed E-state index contributed by atoms with van der Waals surface area (Å²) in [4.78, 5) is 4.76. The molecular formula is C17H20N2OS. The molecule has 21 heavy (non-hydrogen) atoms. The second-order valence-electron chi connectivity index (χ2n) is 5.43. The van der Waals surface area contributed by atoms with E-state index in [1.807, 2.05) is 39.8 Å². The van der Waals surface area contributed by atoms with Gasteiger partial charge in [0.25, 0.3) is 0 Å². The normalized spacial score (nSPS) is 10.5. The third-order valence-corrected chi connectivity index (χ3v) is 3.73. The van der Waals surface area contributed by atoms with E-state index in [4.69, 9.17) is 22.7 Å². The number of hydrogen-bond donors (Lipinski definition) is 1. The fourth-order valence-electron chi connectivity index (χ4n) is 2.39. The molecule has 110 valence electrons. The highest BCUT2D eigenvalue weighted by molar-refractivity contribution is 7.80. The summed E-state index contributed by atoms with van der Waals surface area (Å²) in [6, 6.07) is 6.09. The van der Waals surface area contributed by atoms with Crippen LogP contribution in [-0.4, -0.2) is 9.97 Å². The summed E-state index contributed by atoms with van der Waals surface area (Å²) in [7, 11) is 0. The lowest BCUT2D eigenvalue weighted by Gasteiger charge is -2.15. The first kappa shape index (κ1) is 15.4. The fourth-order valence-corrected chi connectivity index (χ4v) is 2.64. The number of thiocarbonyl (C=S) groups is 1. The molecule has 0 aliphatic heterocycles. The second kappa shape index (κ2) is 5.82. The van der Waals surface area contributed by atoms with E-state index in [-0.39, 0.29) is 0 Å². The van der Waals surface area contributed by atoms with Gasteiger partial charge in [0.15, 0.2) is 0 Å². The zero-order chi connectivity index (χ0) is 15.7. The van der Waals surface area contributed by atoms with Crippen LogP contribution in [-0.2, 0) is 0 Å². The molecule has 2 N–H and O–H groups in total. The van der Waals surface area contributed by atoms with Gasteiger partial charge in [0.05, 0.1) is 5.56 Å². The predicted octanol–water partition coefficient (Wildman–Crippen LogP) is 4.05. The van der Waals surface area contributed by atoms with E-state index in [1.54, 1.807) is 0 Å². The number of benzene rings is 1. The monoisotopic (exact) mass is 300 g/mol. The first-order chi connectivity index (χ1) is 9.79.